The minimum atomic E-state index is -0.0145. The highest BCUT2D eigenvalue weighted by Crippen LogP contribution is 2.18. The van der Waals surface area contributed by atoms with Crippen molar-refractivity contribution >= 4 is 16.9 Å². The van der Waals surface area contributed by atoms with Gasteiger partial charge in [-0.05, 0) is 19.9 Å². The van der Waals surface area contributed by atoms with E-state index < -0.39 is 0 Å². The van der Waals surface area contributed by atoms with Crippen LogP contribution >= 0.6 is 0 Å². The maximum atomic E-state index is 5.56. The highest BCUT2D eigenvalue weighted by Gasteiger charge is 2.12. The van der Waals surface area contributed by atoms with Crippen molar-refractivity contribution in [2.24, 2.45) is 0 Å². The summed E-state index contributed by atoms with van der Waals surface area (Å²) < 4.78 is 7.24. The number of fused-ring (bicyclic) bond motifs is 1. The zero-order chi connectivity index (χ0) is 14.8. The molecule has 21 heavy (non-hydrogen) atoms. The van der Waals surface area contributed by atoms with E-state index in [1.54, 1.807) is 17.9 Å². The van der Waals surface area contributed by atoms with Gasteiger partial charge in [-0.1, -0.05) is 18.2 Å². The zero-order valence-corrected chi connectivity index (χ0v) is 12.1. The van der Waals surface area contributed by atoms with Crippen LogP contribution in [-0.2, 0) is 0 Å². The average Bonchev–Trinajstić information content (AvgIpc) is 2.90. The van der Waals surface area contributed by atoms with Gasteiger partial charge < -0.3 is 10.1 Å². The Morgan fingerprint density at radius 2 is 1.95 bits per heavy atom. The van der Waals surface area contributed by atoms with E-state index in [-0.39, 0.29) is 12.1 Å². The van der Waals surface area contributed by atoms with Crippen LogP contribution in [-0.4, -0.2) is 37.9 Å². The predicted molar refractivity (Wildman–Crippen MR) is 79.8 cm³/mol. The van der Waals surface area contributed by atoms with Crippen LogP contribution in [0, 0.1) is 0 Å². The number of rotatable bonds is 4. The Morgan fingerprint density at radius 1 is 1.14 bits per heavy atom. The Morgan fingerprint density at radius 3 is 2.71 bits per heavy atom. The number of nitrogens with zero attached hydrogens (tertiary/aromatic N) is 5. The molecule has 7 heteroatoms. The van der Waals surface area contributed by atoms with Crippen molar-refractivity contribution in [3.05, 3.63) is 30.5 Å². The van der Waals surface area contributed by atoms with Crippen LogP contribution in [0.15, 0.2) is 30.5 Å². The molecule has 0 saturated carbocycles. The molecule has 108 valence electrons. The SMILES string of the molecule is CNc1nc(OC(C)C)nc(-n2ncc3ccccc32)n1. The van der Waals surface area contributed by atoms with E-state index >= 15 is 0 Å². The van der Waals surface area contributed by atoms with E-state index in [0.717, 1.165) is 10.9 Å². The van der Waals surface area contributed by atoms with Crippen LogP contribution in [0.1, 0.15) is 13.8 Å². The molecule has 0 aliphatic rings. The minimum absolute atomic E-state index is 0.0145. The maximum absolute atomic E-state index is 5.56. The molecule has 0 aliphatic carbocycles. The Labute approximate surface area is 122 Å². The molecule has 1 N–H and O–H groups in total. The lowest BCUT2D eigenvalue weighted by molar-refractivity contribution is 0.221. The molecule has 0 atom stereocenters. The number of hydrogen-bond donors (Lipinski definition) is 1. The maximum Gasteiger partial charge on any atom is 0.323 e. The first-order valence-electron chi connectivity index (χ1n) is 6.71. The van der Waals surface area contributed by atoms with Gasteiger partial charge >= 0.3 is 6.01 Å². The van der Waals surface area contributed by atoms with Gasteiger partial charge in [0.1, 0.15) is 0 Å². The second-order valence-electron chi connectivity index (χ2n) is 4.77. The smallest absolute Gasteiger partial charge is 0.323 e. The fourth-order valence-corrected chi connectivity index (χ4v) is 1.95. The molecular formula is C14H16N6O. The lowest BCUT2D eigenvalue weighted by Gasteiger charge is -2.10. The molecule has 0 aliphatic heterocycles. The third-order valence-corrected chi connectivity index (χ3v) is 2.83. The van der Waals surface area contributed by atoms with Gasteiger partial charge in [0.25, 0.3) is 5.95 Å². The lowest BCUT2D eigenvalue weighted by atomic mass is 10.3. The first-order valence-corrected chi connectivity index (χ1v) is 6.71. The number of benzene rings is 1. The topological polar surface area (TPSA) is 77.8 Å². The first-order chi connectivity index (χ1) is 10.2. The molecule has 0 spiro atoms. The fourth-order valence-electron chi connectivity index (χ4n) is 1.95. The van der Waals surface area contributed by atoms with Crippen LogP contribution in [0.3, 0.4) is 0 Å². The number of nitrogens with one attached hydrogen (secondary N) is 1. The first kappa shape index (κ1) is 13.3. The van der Waals surface area contributed by atoms with E-state index in [1.807, 2.05) is 38.1 Å². The Hall–Kier alpha value is -2.70. The summed E-state index contributed by atoms with van der Waals surface area (Å²) in [5.41, 5.74) is 0.932. The van der Waals surface area contributed by atoms with Crippen molar-refractivity contribution < 1.29 is 4.74 Å². The highest BCUT2D eigenvalue weighted by atomic mass is 16.5. The largest absolute Gasteiger partial charge is 0.461 e. The summed E-state index contributed by atoms with van der Waals surface area (Å²) in [7, 11) is 1.75. The second kappa shape index (κ2) is 5.35. The van der Waals surface area contributed by atoms with Crippen LogP contribution in [0.25, 0.3) is 16.9 Å². The van der Waals surface area contributed by atoms with Crippen LogP contribution in [0.5, 0.6) is 6.01 Å². The lowest BCUT2D eigenvalue weighted by Crippen LogP contribution is -2.13. The van der Waals surface area contributed by atoms with Gasteiger partial charge in [0.05, 0.1) is 17.8 Å². The molecule has 2 heterocycles. The predicted octanol–water partition coefficient (Wildman–Crippen LogP) is 2.04. The number of para-hydroxylation sites is 1. The van der Waals surface area contributed by atoms with Crippen LogP contribution in [0.4, 0.5) is 5.95 Å². The molecule has 0 amide bonds. The molecule has 2 aromatic heterocycles. The van der Waals surface area contributed by atoms with Crippen molar-refractivity contribution in [3.63, 3.8) is 0 Å². The summed E-state index contributed by atoms with van der Waals surface area (Å²) in [6, 6.07) is 8.15. The van der Waals surface area contributed by atoms with Gasteiger partial charge in [-0.2, -0.15) is 24.7 Å². The van der Waals surface area contributed by atoms with Gasteiger partial charge in [0.2, 0.25) is 5.95 Å². The van der Waals surface area contributed by atoms with E-state index in [1.165, 1.54) is 0 Å². The number of aromatic nitrogens is 5. The quantitative estimate of drug-likeness (QED) is 0.790. The molecule has 3 aromatic rings. The monoisotopic (exact) mass is 284 g/mol. The standard InChI is InChI=1S/C14H16N6O/c1-9(2)21-14-18-12(15-3)17-13(19-14)20-11-7-5-4-6-10(11)8-16-20/h4-9H,1-3H3,(H,15,17,18,19). The van der Waals surface area contributed by atoms with Crippen molar-refractivity contribution in [2.45, 2.75) is 20.0 Å². The zero-order valence-electron chi connectivity index (χ0n) is 12.1. The van der Waals surface area contributed by atoms with Crippen LogP contribution in [0.2, 0.25) is 0 Å². The summed E-state index contributed by atoms with van der Waals surface area (Å²) in [4.78, 5) is 12.9. The van der Waals surface area contributed by atoms with Crippen molar-refractivity contribution in [1.29, 1.82) is 0 Å². The summed E-state index contributed by atoms with van der Waals surface area (Å²) in [5, 5.41) is 8.27. The molecule has 7 nitrogen and oxygen atoms in total. The van der Waals surface area contributed by atoms with Crippen LogP contribution < -0.4 is 10.1 Å². The van der Waals surface area contributed by atoms with Gasteiger partial charge in [0.15, 0.2) is 0 Å². The Kier molecular flexibility index (Phi) is 3.39. The Balaban J connectivity index is 2.12. The summed E-state index contributed by atoms with van der Waals surface area (Å²) in [6.07, 6.45) is 1.76. The average molecular weight is 284 g/mol. The Bertz CT molecular complexity index is 767. The summed E-state index contributed by atoms with van der Waals surface area (Å²) in [6.45, 7) is 3.84. The molecular weight excluding hydrogens is 268 g/mol. The molecule has 0 unspecified atom stereocenters. The molecule has 0 bridgehead atoms. The highest BCUT2D eigenvalue weighted by molar-refractivity contribution is 5.79. The van der Waals surface area contributed by atoms with Crippen molar-refractivity contribution in [1.82, 2.24) is 24.7 Å². The van der Waals surface area contributed by atoms with E-state index in [9.17, 15) is 0 Å². The molecule has 0 fully saturated rings. The summed E-state index contributed by atoms with van der Waals surface area (Å²) >= 11 is 0. The molecule has 0 saturated heterocycles. The van der Waals surface area contributed by atoms with Gasteiger partial charge in [0, 0.05) is 12.4 Å². The van der Waals surface area contributed by atoms with E-state index in [0.29, 0.717) is 11.9 Å². The normalized spacial score (nSPS) is 11.0. The van der Waals surface area contributed by atoms with E-state index in [4.69, 9.17) is 4.74 Å². The number of hydrogen-bond acceptors (Lipinski definition) is 6. The van der Waals surface area contributed by atoms with Gasteiger partial charge in [-0.15, -0.1) is 0 Å². The third kappa shape index (κ3) is 2.62. The number of ether oxygens (including phenoxy) is 1. The third-order valence-electron chi connectivity index (χ3n) is 2.83. The minimum Gasteiger partial charge on any atom is -0.461 e. The van der Waals surface area contributed by atoms with Crippen molar-refractivity contribution in [2.75, 3.05) is 12.4 Å². The van der Waals surface area contributed by atoms with Crippen molar-refractivity contribution in [3.8, 4) is 12.0 Å². The second-order valence-corrected chi connectivity index (χ2v) is 4.77. The molecule has 0 radical (unpaired) electrons. The fraction of sp³-hybridized carbons (Fsp3) is 0.286. The number of anilines is 1. The van der Waals surface area contributed by atoms with Gasteiger partial charge in [-0.3, -0.25) is 0 Å². The summed E-state index contributed by atoms with van der Waals surface area (Å²) in [5.74, 6) is 0.862. The van der Waals surface area contributed by atoms with Gasteiger partial charge in [-0.25, -0.2) is 0 Å². The molecule has 1 aromatic carbocycles. The van der Waals surface area contributed by atoms with E-state index in [2.05, 4.69) is 25.4 Å². The molecule has 3 rings (SSSR count).